The van der Waals surface area contributed by atoms with Crippen LogP contribution in [0.15, 0.2) is 22.7 Å². The smallest absolute Gasteiger partial charge is 0.260 e. The number of aromatic hydroxyl groups is 1. The molecule has 7 heteroatoms. The van der Waals surface area contributed by atoms with Crippen molar-refractivity contribution in [3.8, 4) is 17.2 Å². The summed E-state index contributed by atoms with van der Waals surface area (Å²) in [5.74, 6) is 1.99. The predicted molar refractivity (Wildman–Crippen MR) is 74.1 cm³/mol. The number of nitrogens with zero attached hydrogens (tertiary/aromatic N) is 3. The van der Waals surface area contributed by atoms with Crippen LogP contribution in [-0.4, -0.2) is 45.2 Å². The molecule has 2 heterocycles. The van der Waals surface area contributed by atoms with Crippen LogP contribution in [0.25, 0.3) is 11.5 Å². The molecule has 106 valence electrons. The molecule has 1 aliphatic rings. The Balaban J connectivity index is 1.89. The zero-order chi connectivity index (χ0) is 14.1. The van der Waals surface area contributed by atoms with Gasteiger partial charge in [0.05, 0.1) is 11.6 Å². The van der Waals surface area contributed by atoms with Gasteiger partial charge in [-0.3, -0.25) is 4.90 Å². The highest BCUT2D eigenvalue weighted by Gasteiger charge is 2.26. The van der Waals surface area contributed by atoms with Crippen molar-refractivity contribution in [2.45, 2.75) is 6.04 Å². The zero-order valence-electron chi connectivity index (χ0n) is 10.9. The summed E-state index contributed by atoms with van der Waals surface area (Å²) in [4.78, 5) is 6.46. The number of benzene rings is 1. The van der Waals surface area contributed by atoms with Crippen molar-refractivity contribution in [2.75, 3.05) is 25.1 Å². The lowest BCUT2D eigenvalue weighted by Gasteiger charge is -2.29. The molecule has 20 heavy (non-hydrogen) atoms. The third-order valence-electron chi connectivity index (χ3n) is 3.32. The molecule has 0 radical (unpaired) electrons. The molecule has 1 aliphatic heterocycles. The van der Waals surface area contributed by atoms with Crippen LogP contribution in [0, 0.1) is 5.82 Å². The third-order valence-corrected chi connectivity index (χ3v) is 4.34. The highest BCUT2D eigenvalue weighted by atomic mass is 32.2. The second-order valence-electron chi connectivity index (χ2n) is 4.69. The van der Waals surface area contributed by atoms with Gasteiger partial charge in [-0.1, -0.05) is 5.16 Å². The van der Waals surface area contributed by atoms with Gasteiger partial charge in [0.15, 0.2) is 5.82 Å². The van der Waals surface area contributed by atoms with Crippen LogP contribution in [0.2, 0.25) is 0 Å². The number of rotatable bonds is 2. The molecular weight excluding hydrogens is 281 g/mol. The minimum Gasteiger partial charge on any atom is -0.508 e. The number of phenolic OH excluding ortho intramolecular Hbond substituents is 1. The fourth-order valence-corrected chi connectivity index (χ4v) is 3.33. The van der Waals surface area contributed by atoms with Gasteiger partial charge in [-0.25, -0.2) is 4.39 Å². The SMILES string of the molecule is CN1CCSCC1c1noc(-c2ccc(O)cc2F)n1. The van der Waals surface area contributed by atoms with Gasteiger partial charge < -0.3 is 9.63 Å². The normalized spacial score (nSPS) is 20.2. The van der Waals surface area contributed by atoms with Gasteiger partial charge in [-0.05, 0) is 19.2 Å². The topological polar surface area (TPSA) is 62.4 Å². The van der Waals surface area contributed by atoms with Gasteiger partial charge in [0.2, 0.25) is 0 Å². The van der Waals surface area contributed by atoms with Gasteiger partial charge in [-0.15, -0.1) is 0 Å². The van der Waals surface area contributed by atoms with Crippen LogP contribution >= 0.6 is 11.8 Å². The maximum absolute atomic E-state index is 13.8. The Bertz CT molecular complexity index is 619. The summed E-state index contributed by atoms with van der Waals surface area (Å²) in [5.41, 5.74) is 0.202. The minimum absolute atomic E-state index is 0.0893. The third kappa shape index (κ3) is 2.51. The van der Waals surface area contributed by atoms with E-state index in [1.807, 2.05) is 18.8 Å². The predicted octanol–water partition coefficient (Wildman–Crippen LogP) is 2.30. The molecule has 1 unspecified atom stereocenters. The lowest BCUT2D eigenvalue weighted by atomic mass is 10.2. The maximum atomic E-state index is 13.8. The number of hydrogen-bond donors (Lipinski definition) is 1. The number of thioether (sulfide) groups is 1. The summed E-state index contributed by atoms with van der Waals surface area (Å²) in [6, 6.07) is 3.94. The van der Waals surface area contributed by atoms with Crippen molar-refractivity contribution in [3.63, 3.8) is 0 Å². The van der Waals surface area contributed by atoms with Gasteiger partial charge in [-0.2, -0.15) is 16.7 Å². The van der Waals surface area contributed by atoms with E-state index in [4.69, 9.17) is 4.52 Å². The Morgan fingerprint density at radius 2 is 2.35 bits per heavy atom. The molecule has 3 rings (SSSR count). The largest absolute Gasteiger partial charge is 0.508 e. The monoisotopic (exact) mass is 295 g/mol. The molecule has 0 spiro atoms. The average Bonchev–Trinajstić information content (AvgIpc) is 2.88. The second-order valence-corrected chi connectivity index (χ2v) is 5.84. The first kappa shape index (κ1) is 13.4. The van der Waals surface area contributed by atoms with E-state index in [2.05, 4.69) is 15.0 Å². The highest BCUT2D eigenvalue weighted by Crippen LogP contribution is 2.29. The van der Waals surface area contributed by atoms with Crippen LogP contribution in [-0.2, 0) is 0 Å². The molecule has 5 nitrogen and oxygen atoms in total. The van der Waals surface area contributed by atoms with Crippen molar-refractivity contribution in [3.05, 3.63) is 29.8 Å². The summed E-state index contributed by atoms with van der Waals surface area (Å²) in [5, 5.41) is 13.2. The Morgan fingerprint density at radius 3 is 3.10 bits per heavy atom. The van der Waals surface area contributed by atoms with E-state index in [0.717, 1.165) is 24.1 Å². The van der Waals surface area contributed by atoms with Crippen LogP contribution < -0.4 is 0 Å². The van der Waals surface area contributed by atoms with Crippen LogP contribution in [0.4, 0.5) is 4.39 Å². The Hall–Kier alpha value is -1.60. The summed E-state index contributed by atoms with van der Waals surface area (Å²) < 4.78 is 18.9. The molecule has 2 aromatic rings. The molecule has 1 fully saturated rings. The van der Waals surface area contributed by atoms with Gasteiger partial charge in [0.1, 0.15) is 11.6 Å². The summed E-state index contributed by atoms with van der Waals surface area (Å²) in [6.45, 7) is 0.965. The molecule has 1 aromatic carbocycles. The number of halogens is 1. The molecule has 1 N–H and O–H groups in total. The maximum Gasteiger partial charge on any atom is 0.260 e. The molecule has 1 atom stereocenters. The quantitative estimate of drug-likeness (QED) is 0.917. The van der Waals surface area contributed by atoms with Gasteiger partial charge >= 0.3 is 0 Å². The molecule has 1 saturated heterocycles. The van der Waals surface area contributed by atoms with E-state index in [0.29, 0.717) is 5.82 Å². The zero-order valence-corrected chi connectivity index (χ0v) is 11.7. The Kier molecular flexibility index (Phi) is 3.62. The van der Waals surface area contributed by atoms with Crippen LogP contribution in [0.3, 0.4) is 0 Å². The van der Waals surface area contributed by atoms with Crippen molar-refractivity contribution in [1.82, 2.24) is 15.0 Å². The molecular formula is C13H14FN3O2S. The fraction of sp³-hybridized carbons (Fsp3) is 0.385. The van der Waals surface area contributed by atoms with Crippen molar-refractivity contribution >= 4 is 11.8 Å². The van der Waals surface area contributed by atoms with Crippen molar-refractivity contribution < 1.29 is 14.0 Å². The minimum atomic E-state index is -0.577. The Labute approximate surface area is 119 Å². The van der Waals surface area contributed by atoms with Crippen molar-refractivity contribution in [1.29, 1.82) is 0 Å². The number of phenols is 1. The van der Waals surface area contributed by atoms with Gasteiger partial charge in [0, 0.05) is 24.1 Å². The first-order valence-electron chi connectivity index (χ1n) is 6.25. The van der Waals surface area contributed by atoms with E-state index >= 15 is 0 Å². The first-order chi connectivity index (χ1) is 9.65. The van der Waals surface area contributed by atoms with E-state index < -0.39 is 5.82 Å². The van der Waals surface area contributed by atoms with E-state index in [1.54, 1.807) is 0 Å². The second kappa shape index (κ2) is 5.41. The number of aromatic nitrogens is 2. The average molecular weight is 295 g/mol. The molecule has 0 amide bonds. The number of hydrogen-bond acceptors (Lipinski definition) is 6. The highest BCUT2D eigenvalue weighted by molar-refractivity contribution is 7.99. The summed E-state index contributed by atoms with van der Waals surface area (Å²) in [6.07, 6.45) is 0. The molecule has 0 bridgehead atoms. The summed E-state index contributed by atoms with van der Waals surface area (Å²) >= 11 is 1.84. The molecule has 0 saturated carbocycles. The van der Waals surface area contributed by atoms with Crippen LogP contribution in [0.5, 0.6) is 5.75 Å². The standard InChI is InChI=1S/C13H14FN3O2S/c1-17-4-5-20-7-11(17)12-15-13(19-16-12)9-3-2-8(18)6-10(9)14/h2-3,6,11,18H,4-5,7H2,1H3. The Morgan fingerprint density at radius 1 is 1.50 bits per heavy atom. The lowest BCUT2D eigenvalue weighted by Crippen LogP contribution is -2.33. The van der Waals surface area contributed by atoms with E-state index in [1.165, 1.54) is 12.1 Å². The fourth-order valence-electron chi connectivity index (χ4n) is 2.12. The molecule has 1 aromatic heterocycles. The van der Waals surface area contributed by atoms with E-state index in [9.17, 15) is 9.50 Å². The van der Waals surface area contributed by atoms with Crippen LogP contribution in [0.1, 0.15) is 11.9 Å². The lowest BCUT2D eigenvalue weighted by molar-refractivity contribution is 0.257. The van der Waals surface area contributed by atoms with Crippen molar-refractivity contribution in [2.24, 2.45) is 0 Å². The summed E-state index contributed by atoms with van der Waals surface area (Å²) in [7, 11) is 2.02. The van der Waals surface area contributed by atoms with Gasteiger partial charge in [0.25, 0.3) is 5.89 Å². The molecule has 0 aliphatic carbocycles. The van der Waals surface area contributed by atoms with E-state index in [-0.39, 0.29) is 23.2 Å². The first-order valence-corrected chi connectivity index (χ1v) is 7.41.